The topological polar surface area (TPSA) is 26.0 Å². The number of allylic oxidation sites excluding steroid dienone is 3. The van der Waals surface area contributed by atoms with Crippen molar-refractivity contribution in [1.82, 2.24) is 0 Å². The fraction of sp³-hybridized carbons (Fsp3) is 0.400. The molecule has 0 saturated carbocycles. The third-order valence-corrected chi connectivity index (χ3v) is 2.52. The van der Waals surface area contributed by atoms with Crippen LogP contribution >= 0.6 is 0 Å². The summed E-state index contributed by atoms with van der Waals surface area (Å²) in [7, 11) is -0.392. The molecule has 12 heavy (non-hydrogen) atoms. The average molecular weight is 177 g/mol. The van der Waals surface area contributed by atoms with Crippen molar-refractivity contribution in [1.29, 1.82) is 0 Å². The van der Waals surface area contributed by atoms with Crippen LogP contribution in [0, 0.1) is 0 Å². The van der Waals surface area contributed by atoms with E-state index in [0.717, 1.165) is 6.42 Å². The van der Waals surface area contributed by atoms with E-state index >= 15 is 0 Å². The minimum Gasteiger partial charge on any atom is -0.321 e. The van der Waals surface area contributed by atoms with Gasteiger partial charge in [-0.3, -0.25) is 0 Å². The molecule has 1 aliphatic carbocycles. The van der Waals surface area contributed by atoms with Gasteiger partial charge in [-0.15, -0.1) is 0 Å². The molecule has 0 aromatic rings. The lowest BCUT2D eigenvalue weighted by Gasteiger charge is -2.05. The van der Waals surface area contributed by atoms with Gasteiger partial charge in [0.1, 0.15) is 0 Å². The Kier molecular flexibility index (Phi) is 3.41. The van der Waals surface area contributed by atoms with E-state index in [2.05, 4.69) is 36.6 Å². The van der Waals surface area contributed by atoms with Gasteiger partial charge in [0.2, 0.25) is 0 Å². The van der Waals surface area contributed by atoms with E-state index in [1.54, 1.807) is 0 Å². The molecular weight excluding hydrogens is 162 g/mol. The molecule has 0 aliphatic heterocycles. The van der Waals surface area contributed by atoms with E-state index in [1.165, 1.54) is 5.57 Å². The van der Waals surface area contributed by atoms with E-state index in [0.29, 0.717) is 0 Å². The average Bonchev–Trinajstić information content (AvgIpc) is 2.51. The Hall–Kier alpha value is -0.693. The van der Waals surface area contributed by atoms with Gasteiger partial charge in [-0.05, 0) is 31.2 Å². The molecule has 64 valence electrons. The van der Waals surface area contributed by atoms with Crippen molar-refractivity contribution in [3.05, 3.63) is 29.9 Å². The highest BCUT2D eigenvalue weighted by Gasteiger charge is 2.05. The summed E-state index contributed by atoms with van der Waals surface area (Å²) in [5.41, 5.74) is 7.21. The van der Waals surface area contributed by atoms with Crippen LogP contribution in [0.15, 0.2) is 29.9 Å². The zero-order chi connectivity index (χ0) is 8.97. The third-order valence-electron chi connectivity index (χ3n) is 1.78. The maximum absolute atomic E-state index is 5.92. The maximum Gasteiger partial charge on any atom is 0.0593 e. The number of nitrogens with two attached hydrogens (primary N) is 1. The molecule has 0 fully saturated rings. The quantitative estimate of drug-likeness (QED) is 0.635. The molecule has 1 atom stereocenters. The van der Waals surface area contributed by atoms with Crippen LogP contribution in [-0.4, -0.2) is 19.8 Å². The maximum atomic E-state index is 5.92. The van der Waals surface area contributed by atoms with Crippen LogP contribution in [-0.2, 0) is 0 Å². The molecule has 0 radical (unpaired) electrons. The minimum absolute atomic E-state index is 0.0832. The lowest BCUT2D eigenvalue weighted by atomic mass is 10.1. The van der Waals surface area contributed by atoms with E-state index < -0.39 is 8.41 Å². The van der Waals surface area contributed by atoms with Crippen molar-refractivity contribution in [2.75, 3.05) is 0 Å². The highest BCUT2D eigenvalue weighted by atomic mass is 28.2. The first-order valence-electron chi connectivity index (χ1n) is 4.21. The molecule has 1 nitrogen and oxygen atoms in total. The second-order valence-corrected chi connectivity index (χ2v) is 5.50. The Morgan fingerprint density at radius 1 is 1.67 bits per heavy atom. The van der Waals surface area contributed by atoms with Gasteiger partial charge >= 0.3 is 0 Å². The van der Waals surface area contributed by atoms with Crippen LogP contribution in [0.1, 0.15) is 6.42 Å². The molecule has 2 heteroatoms. The predicted octanol–water partition coefficient (Wildman–Crippen LogP) is 1.49. The monoisotopic (exact) mass is 177 g/mol. The largest absolute Gasteiger partial charge is 0.321 e. The highest BCUT2D eigenvalue weighted by Crippen LogP contribution is 2.13. The van der Waals surface area contributed by atoms with Crippen molar-refractivity contribution >= 4 is 13.7 Å². The fourth-order valence-corrected chi connectivity index (χ4v) is 1.59. The van der Waals surface area contributed by atoms with Crippen LogP contribution in [0.25, 0.3) is 0 Å². The van der Waals surface area contributed by atoms with Gasteiger partial charge in [-0.1, -0.05) is 18.2 Å². The van der Waals surface area contributed by atoms with E-state index in [4.69, 9.17) is 5.73 Å². The smallest absolute Gasteiger partial charge is 0.0593 e. The van der Waals surface area contributed by atoms with E-state index in [9.17, 15) is 0 Å². The van der Waals surface area contributed by atoms with Crippen molar-refractivity contribution < 1.29 is 0 Å². The van der Waals surface area contributed by atoms with Crippen molar-refractivity contribution in [2.24, 2.45) is 5.73 Å². The van der Waals surface area contributed by atoms with Crippen LogP contribution in [0.5, 0.6) is 0 Å². The first-order chi connectivity index (χ1) is 5.70. The Morgan fingerprint density at radius 2 is 2.42 bits per heavy atom. The van der Waals surface area contributed by atoms with Crippen molar-refractivity contribution in [2.45, 2.75) is 25.6 Å². The van der Waals surface area contributed by atoms with Gasteiger partial charge in [-0.25, -0.2) is 0 Å². The Balaban J connectivity index is 2.61. The van der Waals surface area contributed by atoms with Gasteiger partial charge in [0.05, 0.1) is 14.5 Å². The summed E-state index contributed by atoms with van der Waals surface area (Å²) in [6, 6.07) is 0.0832. The van der Waals surface area contributed by atoms with Crippen LogP contribution < -0.4 is 5.73 Å². The van der Waals surface area contributed by atoms with Crippen LogP contribution in [0.2, 0.25) is 13.1 Å². The number of hydrogen-bond acceptors (Lipinski definition) is 1. The van der Waals surface area contributed by atoms with Gasteiger partial charge in [0.25, 0.3) is 0 Å². The summed E-state index contributed by atoms with van der Waals surface area (Å²) in [4.78, 5) is 0. The Morgan fingerprint density at radius 3 is 2.92 bits per heavy atom. The van der Waals surface area contributed by atoms with Gasteiger partial charge in [0, 0.05) is 0 Å². The van der Waals surface area contributed by atoms with Gasteiger partial charge in [-0.2, -0.15) is 5.33 Å². The molecule has 0 amide bonds. The predicted molar refractivity (Wildman–Crippen MR) is 56.9 cm³/mol. The van der Waals surface area contributed by atoms with Crippen molar-refractivity contribution in [3.8, 4) is 0 Å². The third kappa shape index (κ3) is 2.74. The molecule has 1 aliphatic rings. The highest BCUT2D eigenvalue weighted by molar-refractivity contribution is 6.62. The fourth-order valence-electron chi connectivity index (χ4n) is 1.07. The summed E-state index contributed by atoms with van der Waals surface area (Å²) in [5, 5.41) is 3.31. The second-order valence-electron chi connectivity index (χ2n) is 3.21. The molecule has 0 saturated heterocycles. The molecule has 0 aromatic heterocycles. The summed E-state index contributed by atoms with van der Waals surface area (Å²) in [6.07, 6.45) is 9.31. The van der Waals surface area contributed by atoms with E-state index in [1.807, 2.05) is 6.08 Å². The molecule has 0 aromatic carbocycles. The lowest BCUT2D eigenvalue weighted by Crippen LogP contribution is -2.19. The molecular formula is C10H15NSi. The molecule has 1 rings (SSSR count). The lowest BCUT2D eigenvalue weighted by molar-refractivity contribution is 0.929. The first-order valence-corrected chi connectivity index (χ1v) is 6.71. The summed E-state index contributed by atoms with van der Waals surface area (Å²) in [5.74, 6) is 0. The van der Waals surface area contributed by atoms with Gasteiger partial charge < -0.3 is 5.73 Å². The molecule has 2 N–H and O–H groups in total. The zero-order valence-corrected chi connectivity index (χ0v) is 8.67. The van der Waals surface area contributed by atoms with E-state index in [-0.39, 0.29) is 6.04 Å². The molecule has 0 bridgehead atoms. The summed E-state index contributed by atoms with van der Waals surface area (Å²) < 4.78 is 0. The summed E-state index contributed by atoms with van der Waals surface area (Å²) in [6.45, 7) is 4.41. The zero-order valence-electron chi connectivity index (χ0n) is 7.67. The number of hydrogen-bond donors (Lipinski definition) is 1. The van der Waals surface area contributed by atoms with Crippen LogP contribution in [0.3, 0.4) is 0 Å². The number of rotatable bonds is 2. The molecule has 0 spiro atoms. The second kappa shape index (κ2) is 4.36. The first kappa shape index (κ1) is 9.40. The normalized spacial score (nSPS) is 16.8. The Labute approximate surface area is 75.5 Å². The summed E-state index contributed by atoms with van der Waals surface area (Å²) >= 11 is 0. The Bertz CT molecular complexity index is 276. The molecule has 0 heterocycles. The van der Waals surface area contributed by atoms with Crippen LogP contribution in [0.4, 0.5) is 0 Å². The standard InChI is InChI=1S/C10H15NSi/c1-12(2)8-7-10(11)9-5-3-4-6-9/h3-5,7,10H,6,11H2,1-2H3. The molecule has 1 unspecified atom stereocenters. The minimum atomic E-state index is -0.392. The van der Waals surface area contributed by atoms with Gasteiger partial charge in [0.15, 0.2) is 0 Å². The van der Waals surface area contributed by atoms with Crippen molar-refractivity contribution in [3.63, 3.8) is 0 Å². The SMILES string of the molecule is C[Si](C)=C=CC(N)C1=CC=CC1.